The van der Waals surface area contributed by atoms with E-state index in [0.29, 0.717) is 0 Å². The number of benzene rings is 1. The van der Waals surface area contributed by atoms with E-state index in [1.807, 2.05) is 13.1 Å². The first-order valence-corrected chi connectivity index (χ1v) is 9.27. The Hall–Kier alpha value is -1.13. The zero-order valence-electron chi connectivity index (χ0n) is 15.1. The van der Waals surface area contributed by atoms with Gasteiger partial charge in [-0.15, -0.1) is 24.0 Å². The Morgan fingerprint density at radius 2 is 2.04 bits per heavy atom. The molecule has 2 aromatic rings. The lowest BCUT2D eigenvalue weighted by Gasteiger charge is -2.36. The molecule has 0 saturated carbocycles. The first-order valence-electron chi connectivity index (χ1n) is 8.48. The van der Waals surface area contributed by atoms with Crippen LogP contribution in [0.1, 0.15) is 16.8 Å². The van der Waals surface area contributed by atoms with Gasteiger partial charge in [0, 0.05) is 56.9 Å². The molecule has 6 nitrogen and oxygen atoms in total. The summed E-state index contributed by atoms with van der Waals surface area (Å²) >= 11 is 3.51. The first kappa shape index (κ1) is 21.2. The molecule has 0 amide bonds. The molecule has 0 aliphatic carbocycles. The number of aryl methyl sites for hydroxylation is 1. The van der Waals surface area contributed by atoms with Gasteiger partial charge in [-0.2, -0.15) is 0 Å². The zero-order valence-corrected chi connectivity index (χ0v) is 19.0. The topological polar surface area (TPSA) is 56.9 Å². The number of nitrogens with zero attached hydrogens (tertiary/aromatic N) is 4. The Balaban J connectivity index is 0.00000243. The monoisotopic (exact) mass is 533 g/mol. The van der Waals surface area contributed by atoms with E-state index in [9.17, 15) is 0 Å². The van der Waals surface area contributed by atoms with E-state index in [4.69, 9.17) is 4.52 Å². The highest BCUT2D eigenvalue weighted by Crippen LogP contribution is 2.16. The summed E-state index contributed by atoms with van der Waals surface area (Å²) in [5.74, 6) is 0.961. The second-order valence-corrected chi connectivity index (χ2v) is 7.14. The molecular formula is C18H25BrIN5O. The molecule has 1 aliphatic heterocycles. The molecular weight excluding hydrogens is 509 g/mol. The van der Waals surface area contributed by atoms with Crippen LogP contribution in [0.3, 0.4) is 0 Å². The second-order valence-electron chi connectivity index (χ2n) is 6.23. The van der Waals surface area contributed by atoms with E-state index in [-0.39, 0.29) is 24.0 Å². The molecule has 0 radical (unpaired) electrons. The van der Waals surface area contributed by atoms with Gasteiger partial charge >= 0.3 is 0 Å². The Morgan fingerprint density at radius 1 is 1.27 bits per heavy atom. The minimum absolute atomic E-state index is 0. The van der Waals surface area contributed by atoms with Crippen molar-refractivity contribution in [2.24, 2.45) is 4.99 Å². The van der Waals surface area contributed by atoms with Crippen LogP contribution in [0.25, 0.3) is 0 Å². The van der Waals surface area contributed by atoms with Crippen molar-refractivity contribution in [2.45, 2.75) is 20.0 Å². The SMILES string of the molecule is CN=C(NCc1ccc(Br)cc1C)N1CCN(Cc2ccon2)CC1.I. The van der Waals surface area contributed by atoms with Gasteiger partial charge in [0.1, 0.15) is 6.26 Å². The Kier molecular flexibility index (Phi) is 8.36. The number of piperazine rings is 1. The highest BCUT2D eigenvalue weighted by Gasteiger charge is 2.20. The maximum atomic E-state index is 4.90. The van der Waals surface area contributed by atoms with E-state index in [1.54, 1.807) is 6.26 Å². The highest BCUT2D eigenvalue weighted by atomic mass is 127. The molecule has 3 rings (SSSR count). The fraction of sp³-hybridized carbons (Fsp3) is 0.444. The van der Waals surface area contributed by atoms with Gasteiger partial charge in [-0.3, -0.25) is 9.89 Å². The Morgan fingerprint density at radius 3 is 2.65 bits per heavy atom. The molecule has 142 valence electrons. The van der Waals surface area contributed by atoms with Crippen molar-refractivity contribution in [1.29, 1.82) is 0 Å². The van der Waals surface area contributed by atoms with Gasteiger partial charge < -0.3 is 14.7 Å². The van der Waals surface area contributed by atoms with Gasteiger partial charge in [-0.1, -0.05) is 27.2 Å². The van der Waals surface area contributed by atoms with Gasteiger partial charge in [0.25, 0.3) is 0 Å². The van der Waals surface area contributed by atoms with E-state index in [2.05, 4.69) is 66.3 Å². The fourth-order valence-corrected chi connectivity index (χ4v) is 3.51. The van der Waals surface area contributed by atoms with Crippen LogP contribution in [-0.4, -0.2) is 54.1 Å². The van der Waals surface area contributed by atoms with Gasteiger partial charge in [0.05, 0.1) is 5.69 Å². The summed E-state index contributed by atoms with van der Waals surface area (Å²) < 4.78 is 6.02. The molecule has 8 heteroatoms. The lowest BCUT2D eigenvalue weighted by atomic mass is 10.1. The molecule has 1 aliphatic rings. The molecule has 1 aromatic carbocycles. The molecule has 1 N–H and O–H groups in total. The molecule has 0 unspecified atom stereocenters. The Bertz CT molecular complexity index is 714. The molecule has 0 bridgehead atoms. The lowest BCUT2D eigenvalue weighted by molar-refractivity contribution is 0.169. The fourth-order valence-electron chi connectivity index (χ4n) is 3.03. The van der Waals surface area contributed by atoms with E-state index in [1.165, 1.54) is 11.1 Å². The molecule has 2 heterocycles. The number of aromatic nitrogens is 1. The van der Waals surface area contributed by atoms with Crippen LogP contribution in [0, 0.1) is 6.92 Å². The van der Waals surface area contributed by atoms with Crippen LogP contribution in [0.4, 0.5) is 0 Å². The number of halogens is 2. The molecule has 26 heavy (non-hydrogen) atoms. The van der Waals surface area contributed by atoms with E-state index >= 15 is 0 Å². The summed E-state index contributed by atoms with van der Waals surface area (Å²) in [6, 6.07) is 8.29. The highest BCUT2D eigenvalue weighted by molar-refractivity contribution is 14.0. The maximum absolute atomic E-state index is 4.90. The number of hydrogen-bond donors (Lipinski definition) is 1. The zero-order chi connectivity index (χ0) is 17.6. The summed E-state index contributed by atoms with van der Waals surface area (Å²) in [5.41, 5.74) is 3.55. The quantitative estimate of drug-likeness (QED) is 0.371. The molecule has 1 saturated heterocycles. The standard InChI is InChI=1S/C18H24BrN5O.HI/c1-14-11-16(19)4-3-15(14)12-21-18(20-2)24-8-6-23(7-9-24)13-17-5-10-25-22-17;/h3-5,10-11H,6-9,12-13H2,1-2H3,(H,20,21);1H. The van der Waals surface area contributed by atoms with Crippen molar-refractivity contribution in [1.82, 2.24) is 20.3 Å². The normalized spacial score (nSPS) is 15.7. The van der Waals surface area contributed by atoms with Crippen LogP contribution >= 0.6 is 39.9 Å². The largest absolute Gasteiger partial charge is 0.364 e. The predicted molar refractivity (Wildman–Crippen MR) is 118 cm³/mol. The third-order valence-corrected chi connectivity index (χ3v) is 5.00. The minimum atomic E-state index is 0. The second kappa shape index (κ2) is 10.3. The molecule has 1 fully saturated rings. The third kappa shape index (κ3) is 5.68. The summed E-state index contributed by atoms with van der Waals surface area (Å²) in [5, 5.41) is 7.48. The average Bonchev–Trinajstić information content (AvgIpc) is 3.11. The summed E-state index contributed by atoms with van der Waals surface area (Å²) in [6.07, 6.45) is 1.63. The smallest absolute Gasteiger partial charge is 0.194 e. The molecule has 0 atom stereocenters. The first-order chi connectivity index (χ1) is 12.2. The number of nitrogens with one attached hydrogen (secondary N) is 1. The minimum Gasteiger partial charge on any atom is -0.364 e. The van der Waals surface area contributed by atoms with Crippen molar-refractivity contribution in [3.8, 4) is 0 Å². The van der Waals surface area contributed by atoms with Crippen LogP contribution in [-0.2, 0) is 13.1 Å². The van der Waals surface area contributed by atoms with Crippen LogP contribution in [0.5, 0.6) is 0 Å². The van der Waals surface area contributed by atoms with Gasteiger partial charge in [0.15, 0.2) is 5.96 Å². The third-order valence-electron chi connectivity index (χ3n) is 4.50. The predicted octanol–water partition coefficient (Wildman–Crippen LogP) is 3.26. The van der Waals surface area contributed by atoms with Gasteiger partial charge in [-0.05, 0) is 30.2 Å². The van der Waals surface area contributed by atoms with Gasteiger partial charge in [0.2, 0.25) is 0 Å². The van der Waals surface area contributed by atoms with Crippen molar-refractivity contribution >= 4 is 45.9 Å². The molecule has 1 aromatic heterocycles. The number of hydrogen-bond acceptors (Lipinski definition) is 4. The lowest BCUT2D eigenvalue weighted by Crippen LogP contribution is -2.52. The average molecular weight is 534 g/mol. The summed E-state index contributed by atoms with van der Waals surface area (Å²) in [6.45, 7) is 7.65. The maximum Gasteiger partial charge on any atom is 0.194 e. The van der Waals surface area contributed by atoms with Crippen molar-refractivity contribution < 1.29 is 4.52 Å². The van der Waals surface area contributed by atoms with Crippen molar-refractivity contribution in [2.75, 3.05) is 33.2 Å². The Labute approximate surface area is 180 Å². The van der Waals surface area contributed by atoms with Crippen LogP contribution in [0.2, 0.25) is 0 Å². The van der Waals surface area contributed by atoms with E-state index in [0.717, 1.165) is 55.4 Å². The van der Waals surface area contributed by atoms with Crippen molar-refractivity contribution in [3.05, 3.63) is 51.8 Å². The summed E-state index contributed by atoms with van der Waals surface area (Å²) in [4.78, 5) is 9.15. The molecule has 0 spiro atoms. The number of aliphatic imine (C=N–C) groups is 1. The van der Waals surface area contributed by atoms with Crippen molar-refractivity contribution in [3.63, 3.8) is 0 Å². The van der Waals surface area contributed by atoms with Gasteiger partial charge in [-0.25, -0.2) is 0 Å². The summed E-state index contributed by atoms with van der Waals surface area (Å²) in [7, 11) is 1.85. The number of rotatable bonds is 4. The van der Waals surface area contributed by atoms with Crippen LogP contribution < -0.4 is 5.32 Å². The van der Waals surface area contributed by atoms with Crippen LogP contribution in [0.15, 0.2) is 44.5 Å². The van der Waals surface area contributed by atoms with E-state index < -0.39 is 0 Å². The number of guanidine groups is 1.